The summed E-state index contributed by atoms with van der Waals surface area (Å²) in [4.78, 5) is 13.3. The van der Waals surface area contributed by atoms with E-state index in [2.05, 4.69) is 11.4 Å². The molecule has 2 rings (SSSR count). The predicted molar refractivity (Wildman–Crippen MR) is 80.2 cm³/mol. The first-order chi connectivity index (χ1) is 9.04. The Hall–Kier alpha value is -2.01. The van der Waals surface area contributed by atoms with Crippen molar-refractivity contribution >= 4 is 28.6 Å². The van der Waals surface area contributed by atoms with E-state index in [4.69, 9.17) is 11.5 Å². The van der Waals surface area contributed by atoms with Gasteiger partial charge in [-0.1, -0.05) is 6.07 Å². The molecule has 1 amide bonds. The fraction of sp³-hybridized carbons (Fsp3) is 0.214. The number of rotatable bonds is 4. The van der Waals surface area contributed by atoms with Crippen molar-refractivity contribution in [1.82, 2.24) is 5.32 Å². The van der Waals surface area contributed by atoms with E-state index >= 15 is 0 Å². The molecule has 5 N–H and O–H groups in total. The number of nitrogens with one attached hydrogen (secondary N) is 1. The van der Waals surface area contributed by atoms with Gasteiger partial charge >= 0.3 is 0 Å². The number of nitrogen functional groups attached to an aromatic ring is 2. The van der Waals surface area contributed by atoms with E-state index in [1.807, 2.05) is 18.4 Å². The molecule has 1 aromatic heterocycles. The molecule has 0 radical (unpaired) electrons. The highest BCUT2D eigenvalue weighted by Gasteiger charge is 2.11. The normalized spacial score (nSPS) is 12.1. The first kappa shape index (κ1) is 13.4. The van der Waals surface area contributed by atoms with Gasteiger partial charge in [-0.15, -0.1) is 11.3 Å². The van der Waals surface area contributed by atoms with E-state index < -0.39 is 0 Å². The Labute approximate surface area is 116 Å². The fourth-order valence-corrected chi connectivity index (χ4v) is 2.73. The zero-order chi connectivity index (χ0) is 13.8. The van der Waals surface area contributed by atoms with Crippen LogP contribution < -0.4 is 16.8 Å². The molecule has 1 aromatic carbocycles. The van der Waals surface area contributed by atoms with Crippen molar-refractivity contribution in [2.75, 3.05) is 11.5 Å². The molecule has 0 spiro atoms. The van der Waals surface area contributed by atoms with Crippen LogP contribution in [-0.4, -0.2) is 11.9 Å². The molecule has 19 heavy (non-hydrogen) atoms. The highest BCUT2D eigenvalue weighted by molar-refractivity contribution is 7.09. The van der Waals surface area contributed by atoms with E-state index in [-0.39, 0.29) is 11.9 Å². The molecule has 0 aliphatic rings. The van der Waals surface area contributed by atoms with Gasteiger partial charge in [-0.2, -0.15) is 0 Å². The molecule has 100 valence electrons. The minimum atomic E-state index is -0.150. The maximum atomic E-state index is 12.1. The molecule has 0 saturated carbocycles. The smallest absolute Gasteiger partial charge is 0.251 e. The van der Waals surface area contributed by atoms with Crippen LogP contribution in [0.4, 0.5) is 11.4 Å². The van der Waals surface area contributed by atoms with E-state index in [1.165, 1.54) is 4.88 Å². The second kappa shape index (κ2) is 5.75. The zero-order valence-corrected chi connectivity index (χ0v) is 11.5. The second-order valence-corrected chi connectivity index (χ2v) is 5.58. The minimum Gasteiger partial charge on any atom is -0.399 e. The summed E-state index contributed by atoms with van der Waals surface area (Å²) < 4.78 is 0. The van der Waals surface area contributed by atoms with Crippen molar-refractivity contribution < 1.29 is 4.79 Å². The fourth-order valence-electron chi connectivity index (χ4n) is 1.90. The van der Waals surface area contributed by atoms with Crippen LogP contribution in [0.25, 0.3) is 0 Å². The summed E-state index contributed by atoms with van der Waals surface area (Å²) in [5.74, 6) is -0.150. The molecule has 1 atom stereocenters. The Morgan fingerprint density at radius 1 is 1.32 bits per heavy atom. The van der Waals surface area contributed by atoms with Crippen LogP contribution in [0.3, 0.4) is 0 Å². The molecule has 5 heteroatoms. The lowest BCUT2D eigenvalue weighted by molar-refractivity contribution is 0.0940. The number of amides is 1. The maximum absolute atomic E-state index is 12.1. The van der Waals surface area contributed by atoms with Crippen LogP contribution >= 0.6 is 11.3 Å². The van der Waals surface area contributed by atoms with Crippen molar-refractivity contribution in [3.05, 3.63) is 46.2 Å². The van der Waals surface area contributed by atoms with Crippen LogP contribution in [0.2, 0.25) is 0 Å². The van der Waals surface area contributed by atoms with E-state index in [0.29, 0.717) is 16.9 Å². The van der Waals surface area contributed by atoms with Gasteiger partial charge in [-0.05, 0) is 36.6 Å². The van der Waals surface area contributed by atoms with Crippen LogP contribution in [0.15, 0.2) is 35.7 Å². The summed E-state index contributed by atoms with van der Waals surface area (Å²) in [6, 6.07) is 9.02. The molecule has 0 aliphatic carbocycles. The number of nitrogens with two attached hydrogens (primary N) is 2. The standard InChI is InChI=1S/C14H17N3OS/c1-9(5-13-3-2-4-19-13)17-14(18)10-6-11(15)8-12(16)7-10/h2-4,6-9H,5,15-16H2,1H3,(H,17,18). The SMILES string of the molecule is CC(Cc1cccs1)NC(=O)c1cc(N)cc(N)c1. The highest BCUT2D eigenvalue weighted by atomic mass is 32.1. The number of carbonyl (C=O) groups excluding carboxylic acids is 1. The largest absolute Gasteiger partial charge is 0.399 e. The van der Waals surface area contributed by atoms with Crippen LogP contribution in [-0.2, 0) is 6.42 Å². The van der Waals surface area contributed by atoms with Gasteiger partial charge in [0, 0.05) is 34.3 Å². The summed E-state index contributed by atoms with van der Waals surface area (Å²) in [6.45, 7) is 1.98. The van der Waals surface area contributed by atoms with Gasteiger partial charge in [0.25, 0.3) is 5.91 Å². The average molecular weight is 275 g/mol. The molecule has 1 heterocycles. The maximum Gasteiger partial charge on any atom is 0.251 e. The first-order valence-electron chi connectivity index (χ1n) is 6.04. The van der Waals surface area contributed by atoms with Crippen molar-refractivity contribution in [3.63, 3.8) is 0 Å². The highest BCUT2D eigenvalue weighted by Crippen LogP contribution is 2.15. The van der Waals surface area contributed by atoms with Crippen LogP contribution in [0.1, 0.15) is 22.2 Å². The molecular weight excluding hydrogens is 258 g/mol. The van der Waals surface area contributed by atoms with E-state index in [0.717, 1.165) is 6.42 Å². The number of thiophene rings is 1. The van der Waals surface area contributed by atoms with Gasteiger partial charge < -0.3 is 16.8 Å². The summed E-state index contributed by atoms with van der Waals surface area (Å²) >= 11 is 1.69. The average Bonchev–Trinajstić information content (AvgIpc) is 2.80. The van der Waals surface area contributed by atoms with E-state index in [9.17, 15) is 4.79 Å². The lowest BCUT2D eigenvalue weighted by atomic mass is 10.1. The topological polar surface area (TPSA) is 81.1 Å². The third-order valence-electron chi connectivity index (χ3n) is 2.70. The Bertz CT molecular complexity index is 546. The Morgan fingerprint density at radius 2 is 2.00 bits per heavy atom. The van der Waals surface area contributed by atoms with Gasteiger partial charge in [-0.3, -0.25) is 4.79 Å². The van der Waals surface area contributed by atoms with Gasteiger partial charge in [0.1, 0.15) is 0 Å². The number of anilines is 2. The summed E-state index contributed by atoms with van der Waals surface area (Å²) in [7, 11) is 0. The van der Waals surface area contributed by atoms with Crippen LogP contribution in [0, 0.1) is 0 Å². The molecule has 1 unspecified atom stereocenters. The van der Waals surface area contributed by atoms with Crippen molar-refractivity contribution in [2.45, 2.75) is 19.4 Å². The second-order valence-electron chi connectivity index (χ2n) is 4.55. The quantitative estimate of drug-likeness (QED) is 0.749. The zero-order valence-electron chi connectivity index (χ0n) is 10.7. The summed E-state index contributed by atoms with van der Waals surface area (Å²) in [5, 5.41) is 4.98. The van der Waals surface area contributed by atoms with Gasteiger partial charge in [0.15, 0.2) is 0 Å². The number of hydrogen-bond donors (Lipinski definition) is 3. The minimum absolute atomic E-state index is 0.0637. The lowest BCUT2D eigenvalue weighted by Crippen LogP contribution is -2.34. The molecule has 4 nitrogen and oxygen atoms in total. The van der Waals surface area contributed by atoms with Crippen LogP contribution in [0.5, 0.6) is 0 Å². The Morgan fingerprint density at radius 3 is 2.58 bits per heavy atom. The summed E-state index contributed by atoms with van der Waals surface area (Å²) in [6.07, 6.45) is 0.821. The van der Waals surface area contributed by atoms with Gasteiger partial charge in [0.05, 0.1) is 0 Å². The Balaban J connectivity index is 2.00. The third-order valence-corrected chi connectivity index (χ3v) is 3.60. The molecule has 0 saturated heterocycles. The first-order valence-corrected chi connectivity index (χ1v) is 6.92. The van der Waals surface area contributed by atoms with Gasteiger partial charge in [0.2, 0.25) is 0 Å². The molecule has 0 aliphatic heterocycles. The number of hydrogen-bond acceptors (Lipinski definition) is 4. The monoisotopic (exact) mass is 275 g/mol. The lowest BCUT2D eigenvalue weighted by Gasteiger charge is -2.13. The van der Waals surface area contributed by atoms with Crippen molar-refractivity contribution in [2.24, 2.45) is 0 Å². The molecule has 0 fully saturated rings. The summed E-state index contributed by atoms with van der Waals surface area (Å²) in [5.41, 5.74) is 12.8. The van der Waals surface area contributed by atoms with E-state index in [1.54, 1.807) is 29.5 Å². The van der Waals surface area contributed by atoms with Gasteiger partial charge in [-0.25, -0.2) is 0 Å². The third kappa shape index (κ3) is 3.72. The molecular formula is C14H17N3OS. The Kier molecular flexibility index (Phi) is 4.06. The van der Waals surface area contributed by atoms with Crippen molar-refractivity contribution in [1.29, 1.82) is 0 Å². The predicted octanol–water partition coefficient (Wildman–Crippen LogP) is 2.27. The number of benzene rings is 1. The molecule has 2 aromatic rings. The van der Waals surface area contributed by atoms with Crippen molar-refractivity contribution in [3.8, 4) is 0 Å². The number of carbonyl (C=O) groups is 1. The molecule has 0 bridgehead atoms.